The Morgan fingerprint density at radius 1 is 1.18 bits per heavy atom. The Morgan fingerprint density at radius 3 is 2.35 bits per heavy atom. The standard InChI is InChI=1S/C13H22N2O.ClH/c1-14-9-6-7-15(8-9)13(16)12-10-4-2-3-5-11(10)12;/h9-12,14H,2-8H2,1H3;1H. The van der Waals surface area contributed by atoms with Crippen LogP contribution in [0.25, 0.3) is 0 Å². The number of nitrogens with zero attached hydrogens (tertiary/aromatic N) is 1. The molecule has 3 rings (SSSR count). The third-order valence-electron chi connectivity index (χ3n) is 4.85. The highest BCUT2D eigenvalue weighted by molar-refractivity contribution is 5.85. The molecule has 3 atom stereocenters. The molecule has 1 aliphatic heterocycles. The number of hydrogen-bond donors (Lipinski definition) is 1. The molecular weight excluding hydrogens is 236 g/mol. The van der Waals surface area contributed by atoms with Crippen molar-refractivity contribution in [1.82, 2.24) is 10.2 Å². The SMILES string of the molecule is CNC1CCN(C(=O)C2C3CCCCC32)C1.Cl. The molecule has 0 bridgehead atoms. The van der Waals surface area contributed by atoms with Crippen molar-refractivity contribution >= 4 is 18.3 Å². The minimum atomic E-state index is 0. The van der Waals surface area contributed by atoms with Gasteiger partial charge in [0.25, 0.3) is 0 Å². The van der Waals surface area contributed by atoms with E-state index in [9.17, 15) is 4.79 Å². The van der Waals surface area contributed by atoms with Crippen molar-refractivity contribution in [3.05, 3.63) is 0 Å². The lowest BCUT2D eigenvalue weighted by Crippen LogP contribution is -2.34. The molecule has 98 valence electrons. The Bertz CT molecular complexity index is 285. The molecule has 3 nitrogen and oxygen atoms in total. The first kappa shape index (κ1) is 13.2. The fourth-order valence-corrected chi connectivity index (χ4v) is 3.77. The molecule has 2 aliphatic carbocycles. The van der Waals surface area contributed by atoms with Gasteiger partial charge in [0.05, 0.1) is 0 Å². The maximum Gasteiger partial charge on any atom is 0.226 e. The van der Waals surface area contributed by atoms with Crippen LogP contribution in [0, 0.1) is 17.8 Å². The van der Waals surface area contributed by atoms with Crippen molar-refractivity contribution in [1.29, 1.82) is 0 Å². The van der Waals surface area contributed by atoms with Crippen molar-refractivity contribution in [2.45, 2.75) is 38.1 Å². The second-order valence-corrected chi connectivity index (χ2v) is 5.70. The monoisotopic (exact) mass is 258 g/mol. The van der Waals surface area contributed by atoms with Crippen LogP contribution in [0.5, 0.6) is 0 Å². The summed E-state index contributed by atoms with van der Waals surface area (Å²) in [6.07, 6.45) is 6.45. The molecule has 0 spiro atoms. The van der Waals surface area contributed by atoms with Crippen LogP contribution in [0.4, 0.5) is 0 Å². The van der Waals surface area contributed by atoms with Gasteiger partial charge < -0.3 is 10.2 Å². The van der Waals surface area contributed by atoms with Gasteiger partial charge >= 0.3 is 0 Å². The quantitative estimate of drug-likeness (QED) is 0.817. The van der Waals surface area contributed by atoms with Crippen molar-refractivity contribution in [3.8, 4) is 0 Å². The van der Waals surface area contributed by atoms with Gasteiger partial charge in [-0.3, -0.25) is 4.79 Å². The highest BCUT2D eigenvalue weighted by atomic mass is 35.5. The number of carbonyl (C=O) groups is 1. The zero-order valence-electron chi connectivity index (χ0n) is 10.5. The van der Waals surface area contributed by atoms with Gasteiger partial charge in [-0.05, 0) is 38.1 Å². The number of likely N-dealkylation sites (tertiary alicyclic amines) is 1. The summed E-state index contributed by atoms with van der Waals surface area (Å²) in [5.41, 5.74) is 0. The number of halogens is 1. The summed E-state index contributed by atoms with van der Waals surface area (Å²) in [6, 6.07) is 0.532. The summed E-state index contributed by atoms with van der Waals surface area (Å²) < 4.78 is 0. The number of rotatable bonds is 2. The average Bonchev–Trinajstić information content (AvgIpc) is 2.84. The molecule has 1 amide bonds. The highest BCUT2D eigenvalue weighted by Crippen LogP contribution is 2.56. The Labute approximate surface area is 110 Å². The third-order valence-corrected chi connectivity index (χ3v) is 4.85. The van der Waals surface area contributed by atoms with Crippen LogP contribution in [0.3, 0.4) is 0 Å². The van der Waals surface area contributed by atoms with Gasteiger partial charge in [-0.1, -0.05) is 12.8 Å². The summed E-state index contributed by atoms with van der Waals surface area (Å²) in [5.74, 6) is 2.40. The molecular formula is C13H23ClN2O. The van der Waals surface area contributed by atoms with E-state index in [0.717, 1.165) is 31.3 Å². The molecule has 3 aliphatic rings. The maximum absolute atomic E-state index is 12.3. The van der Waals surface area contributed by atoms with Crippen LogP contribution < -0.4 is 5.32 Å². The Balaban J connectivity index is 0.00000108. The van der Waals surface area contributed by atoms with Crippen molar-refractivity contribution in [3.63, 3.8) is 0 Å². The van der Waals surface area contributed by atoms with Gasteiger partial charge in [-0.25, -0.2) is 0 Å². The molecule has 0 radical (unpaired) electrons. The fourth-order valence-electron chi connectivity index (χ4n) is 3.77. The second-order valence-electron chi connectivity index (χ2n) is 5.70. The Morgan fingerprint density at radius 2 is 1.82 bits per heavy atom. The lowest BCUT2D eigenvalue weighted by Gasteiger charge is -2.16. The van der Waals surface area contributed by atoms with Gasteiger partial charge in [-0.15, -0.1) is 12.4 Å². The number of amides is 1. The van der Waals surface area contributed by atoms with Crippen LogP contribution in [0.2, 0.25) is 0 Å². The van der Waals surface area contributed by atoms with E-state index in [4.69, 9.17) is 0 Å². The molecule has 4 heteroatoms. The number of likely N-dealkylation sites (N-methyl/N-ethyl adjacent to an activating group) is 1. The van der Waals surface area contributed by atoms with E-state index in [1.54, 1.807) is 0 Å². The predicted molar refractivity (Wildman–Crippen MR) is 70.2 cm³/mol. The van der Waals surface area contributed by atoms with E-state index in [-0.39, 0.29) is 12.4 Å². The smallest absolute Gasteiger partial charge is 0.226 e. The van der Waals surface area contributed by atoms with E-state index in [1.807, 2.05) is 7.05 Å². The van der Waals surface area contributed by atoms with Crippen LogP contribution in [-0.2, 0) is 4.79 Å². The largest absolute Gasteiger partial charge is 0.341 e. The maximum atomic E-state index is 12.3. The lowest BCUT2D eigenvalue weighted by atomic mass is 10.0. The average molecular weight is 259 g/mol. The van der Waals surface area contributed by atoms with Crippen molar-refractivity contribution in [2.24, 2.45) is 17.8 Å². The Hall–Kier alpha value is -0.280. The highest BCUT2D eigenvalue weighted by Gasteiger charge is 2.56. The minimum Gasteiger partial charge on any atom is -0.341 e. The molecule has 0 aromatic carbocycles. The van der Waals surface area contributed by atoms with Crippen molar-refractivity contribution < 1.29 is 4.79 Å². The number of nitrogens with one attached hydrogen (secondary N) is 1. The van der Waals surface area contributed by atoms with Gasteiger partial charge in [0.1, 0.15) is 0 Å². The summed E-state index contributed by atoms with van der Waals surface area (Å²) in [5, 5.41) is 3.28. The molecule has 0 aromatic heterocycles. The van der Waals surface area contributed by atoms with Crippen LogP contribution in [0.1, 0.15) is 32.1 Å². The molecule has 1 heterocycles. The number of hydrogen-bond acceptors (Lipinski definition) is 2. The summed E-state index contributed by atoms with van der Waals surface area (Å²) >= 11 is 0. The zero-order valence-corrected chi connectivity index (χ0v) is 11.3. The topological polar surface area (TPSA) is 32.3 Å². The Kier molecular flexibility index (Phi) is 3.99. The summed E-state index contributed by atoms with van der Waals surface area (Å²) in [7, 11) is 2.00. The molecule has 0 aromatic rings. The first-order chi connectivity index (χ1) is 7.81. The van der Waals surface area contributed by atoms with E-state index >= 15 is 0 Å². The second kappa shape index (κ2) is 5.15. The summed E-state index contributed by atoms with van der Waals surface area (Å²) in [4.78, 5) is 14.4. The predicted octanol–water partition coefficient (Wildman–Crippen LogP) is 1.66. The van der Waals surface area contributed by atoms with Crippen LogP contribution in [0.15, 0.2) is 0 Å². The van der Waals surface area contributed by atoms with Crippen LogP contribution in [-0.4, -0.2) is 37.0 Å². The van der Waals surface area contributed by atoms with Gasteiger partial charge in [-0.2, -0.15) is 0 Å². The summed E-state index contributed by atoms with van der Waals surface area (Å²) in [6.45, 7) is 1.91. The molecule has 2 saturated carbocycles. The van der Waals surface area contributed by atoms with Crippen LogP contribution >= 0.6 is 12.4 Å². The van der Waals surface area contributed by atoms with E-state index < -0.39 is 0 Å². The van der Waals surface area contributed by atoms with Crippen molar-refractivity contribution in [2.75, 3.05) is 20.1 Å². The van der Waals surface area contributed by atoms with Gasteiger partial charge in [0, 0.05) is 25.0 Å². The number of carbonyl (C=O) groups excluding carboxylic acids is 1. The third kappa shape index (κ3) is 2.32. The first-order valence-corrected chi connectivity index (χ1v) is 6.77. The first-order valence-electron chi connectivity index (χ1n) is 6.77. The molecule has 3 fully saturated rings. The lowest BCUT2D eigenvalue weighted by molar-refractivity contribution is -0.132. The fraction of sp³-hybridized carbons (Fsp3) is 0.923. The molecule has 1 N–H and O–H groups in total. The number of fused-ring (bicyclic) bond motifs is 1. The molecule has 1 saturated heterocycles. The van der Waals surface area contributed by atoms with Gasteiger partial charge in [0.2, 0.25) is 5.91 Å². The van der Waals surface area contributed by atoms with E-state index in [2.05, 4.69) is 10.2 Å². The van der Waals surface area contributed by atoms with Gasteiger partial charge in [0.15, 0.2) is 0 Å². The minimum absolute atomic E-state index is 0. The molecule has 3 unspecified atom stereocenters. The van der Waals surface area contributed by atoms with E-state index in [0.29, 0.717) is 17.9 Å². The van der Waals surface area contributed by atoms with E-state index in [1.165, 1.54) is 25.7 Å². The normalized spacial score (nSPS) is 39.5. The zero-order chi connectivity index (χ0) is 11.1. The molecule has 17 heavy (non-hydrogen) atoms.